The number of hydrogen-bond acceptors (Lipinski definition) is 4. The van der Waals surface area contributed by atoms with E-state index in [9.17, 15) is 5.26 Å². The number of rotatable bonds is 3. The molecule has 1 fully saturated rings. The molecule has 2 nitrogen and oxygen atoms in total. The van der Waals surface area contributed by atoms with Gasteiger partial charge < -0.3 is 4.90 Å². The van der Waals surface area contributed by atoms with Crippen molar-refractivity contribution in [2.45, 2.75) is 37.0 Å². The van der Waals surface area contributed by atoms with E-state index in [0.717, 1.165) is 34.2 Å². The van der Waals surface area contributed by atoms with Crippen LogP contribution in [0.25, 0.3) is 0 Å². The Labute approximate surface area is 124 Å². The molecule has 0 saturated carbocycles. The van der Waals surface area contributed by atoms with E-state index in [4.69, 9.17) is 0 Å². The van der Waals surface area contributed by atoms with E-state index in [2.05, 4.69) is 49.9 Å². The largest absolute Gasteiger partial charge is 0.366 e. The standard InChI is InChI=1S/C15H20N2S2/c1-4-18-15-7-5-6-14(13(15)10-16)17-8-9-19-12(3)11(17)2/h5-7,11-12H,4,8-9H2,1-3H3. The molecular weight excluding hydrogens is 272 g/mol. The minimum Gasteiger partial charge on any atom is -0.366 e. The summed E-state index contributed by atoms with van der Waals surface area (Å²) in [5, 5.41) is 10.1. The van der Waals surface area contributed by atoms with Crippen LogP contribution < -0.4 is 4.90 Å². The Morgan fingerprint density at radius 3 is 2.95 bits per heavy atom. The molecule has 0 aromatic heterocycles. The van der Waals surface area contributed by atoms with Crippen LogP contribution in [0.4, 0.5) is 5.69 Å². The Morgan fingerprint density at radius 2 is 2.26 bits per heavy atom. The molecule has 0 bridgehead atoms. The van der Waals surface area contributed by atoms with Crippen LogP contribution in [0.5, 0.6) is 0 Å². The molecule has 102 valence electrons. The van der Waals surface area contributed by atoms with Crippen molar-refractivity contribution in [1.29, 1.82) is 5.26 Å². The van der Waals surface area contributed by atoms with Crippen molar-refractivity contribution in [3.05, 3.63) is 23.8 Å². The summed E-state index contributed by atoms with van der Waals surface area (Å²) < 4.78 is 0. The van der Waals surface area contributed by atoms with Gasteiger partial charge in [-0.15, -0.1) is 11.8 Å². The van der Waals surface area contributed by atoms with Crippen LogP contribution in [0, 0.1) is 11.3 Å². The highest BCUT2D eigenvalue weighted by atomic mass is 32.2. The van der Waals surface area contributed by atoms with Gasteiger partial charge in [0.15, 0.2) is 0 Å². The van der Waals surface area contributed by atoms with Gasteiger partial charge in [0.05, 0.1) is 11.3 Å². The summed E-state index contributed by atoms with van der Waals surface area (Å²) >= 11 is 3.78. The van der Waals surface area contributed by atoms with Gasteiger partial charge in [0.25, 0.3) is 0 Å². The van der Waals surface area contributed by atoms with Crippen molar-refractivity contribution < 1.29 is 0 Å². The van der Waals surface area contributed by atoms with Crippen LogP contribution in [0.15, 0.2) is 23.1 Å². The highest BCUT2D eigenvalue weighted by molar-refractivity contribution is 8.00. The molecule has 19 heavy (non-hydrogen) atoms. The van der Waals surface area contributed by atoms with Crippen LogP contribution in [0.1, 0.15) is 26.3 Å². The van der Waals surface area contributed by atoms with Gasteiger partial charge in [-0.2, -0.15) is 17.0 Å². The first kappa shape index (κ1) is 14.6. The zero-order valence-corrected chi connectivity index (χ0v) is 13.4. The molecule has 0 spiro atoms. The maximum atomic E-state index is 9.51. The minimum atomic E-state index is 0.479. The lowest BCUT2D eigenvalue weighted by Gasteiger charge is -2.39. The molecule has 4 heteroatoms. The lowest BCUT2D eigenvalue weighted by atomic mass is 10.1. The second-order valence-electron chi connectivity index (χ2n) is 4.70. The predicted octanol–water partition coefficient (Wildman–Crippen LogP) is 4.00. The van der Waals surface area contributed by atoms with Gasteiger partial charge in [-0.25, -0.2) is 0 Å². The summed E-state index contributed by atoms with van der Waals surface area (Å²) in [5.41, 5.74) is 1.96. The molecule has 0 amide bonds. The van der Waals surface area contributed by atoms with Gasteiger partial charge in [-0.3, -0.25) is 0 Å². The zero-order chi connectivity index (χ0) is 13.8. The Morgan fingerprint density at radius 1 is 1.47 bits per heavy atom. The first-order valence-corrected chi connectivity index (χ1v) is 8.76. The third kappa shape index (κ3) is 3.04. The van der Waals surface area contributed by atoms with E-state index in [-0.39, 0.29) is 0 Å². The molecule has 0 N–H and O–H groups in total. The number of nitriles is 1. The monoisotopic (exact) mass is 292 g/mol. The van der Waals surface area contributed by atoms with Crippen molar-refractivity contribution in [1.82, 2.24) is 0 Å². The fourth-order valence-electron chi connectivity index (χ4n) is 2.42. The maximum absolute atomic E-state index is 9.51. The van der Waals surface area contributed by atoms with Gasteiger partial charge in [0.2, 0.25) is 0 Å². The molecule has 1 aliphatic rings. The van der Waals surface area contributed by atoms with Crippen LogP contribution in [-0.2, 0) is 0 Å². The van der Waals surface area contributed by atoms with Crippen LogP contribution in [-0.4, -0.2) is 29.3 Å². The Kier molecular flexibility index (Phi) is 5.06. The molecule has 1 aliphatic heterocycles. The number of hydrogen-bond donors (Lipinski definition) is 0. The number of anilines is 1. The van der Waals surface area contributed by atoms with Gasteiger partial charge in [0.1, 0.15) is 6.07 Å². The Balaban J connectivity index is 2.39. The lowest BCUT2D eigenvalue weighted by molar-refractivity contribution is 0.626. The minimum absolute atomic E-state index is 0.479. The molecule has 2 unspecified atom stereocenters. The third-order valence-corrected chi connectivity index (χ3v) is 5.89. The van der Waals surface area contributed by atoms with Crippen molar-refractivity contribution in [3.8, 4) is 6.07 Å². The van der Waals surface area contributed by atoms with Crippen molar-refractivity contribution >= 4 is 29.2 Å². The molecule has 1 aromatic rings. The fourth-order valence-corrected chi connectivity index (χ4v) is 4.30. The number of benzene rings is 1. The summed E-state index contributed by atoms with van der Waals surface area (Å²) in [4.78, 5) is 3.51. The third-order valence-electron chi connectivity index (χ3n) is 3.61. The van der Waals surface area contributed by atoms with E-state index in [1.807, 2.05) is 11.8 Å². The highest BCUT2D eigenvalue weighted by Crippen LogP contribution is 2.35. The molecule has 1 aromatic carbocycles. The summed E-state index contributed by atoms with van der Waals surface area (Å²) in [7, 11) is 0. The zero-order valence-electron chi connectivity index (χ0n) is 11.7. The molecule has 0 radical (unpaired) electrons. The second-order valence-corrected chi connectivity index (χ2v) is 7.50. The molecule has 1 saturated heterocycles. The number of thioether (sulfide) groups is 2. The summed E-state index contributed by atoms with van der Waals surface area (Å²) in [6.45, 7) is 7.70. The van der Waals surface area contributed by atoms with Gasteiger partial charge in [-0.05, 0) is 24.8 Å². The smallest absolute Gasteiger partial charge is 0.103 e. The second kappa shape index (κ2) is 6.58. The van der Waals surface area contributed by atoms with Gasteiger partial charge in [0, 0.05) is 28.5 Å². The van der Waals surface area contributed by atoms with E-state index < -0.39 is 0 Å². The van der Waals surface area contributed by atoms with E-state index >= 15 is 0 Å². The quantitative estimate of drug-likeness (QED) is 0.787. The molecular formula is C15H20N2S2. The van der Waals surface area contributed by atoms with E-state index in [1.54, 1.807) is 11.8 Å². The normalized spacial score (nSPS) is 23.2. The summed E-state index contributed by atoms with van der Waals surface area (Å²) in [6, 6.07) is 9.12. The summed E-state index contributed by atoms with van der Waals surface area (Å²) in [5.74, 6) is 2.14. The summed E-state index contributed by atoms with van der Waals surface area (Å²) in [6.07, 6.45) is 0. The SMILES string of the molecule is CCSc1cccc(N2CCSC(C)C2C)c1C#N. The predicted molar refractivity (Wildman–Crippen MR) is 86.3 cm³/mol. The van der Waals surface area contributed by atoms with E-state index in [1.165, 1.54) is 0 Å². The fraction of sp³-hybridized carbons (Fsp3) is 0.533. The first-order chi connectivity index (χ1) is 9.19. The first-order valence-electron chi connectivity index (χ1n) is 6.73. The highest BCUT2D eigenvalue weighted by Gasteiger charge is 2.27. The van der Waals surface area contributed by atoms with E-state index in [0.29, 0.717) is 11.3 Å². The molecule has 2 atom stereocenters. The van der Waals surface area contributed by atoms with Gasteiger partial charge >= 0.3 is 0 Å². The maximum Gasteiger partial charge on any atom is 0.103 e. The molecule has 1 heterocycles. The molecule has 2 rings (SSSR count). The number of nitrogens with zero attached hydrogens (tertiary/aromatic N) is 2. The Bertz CT molecular complexity index is 482. The van der Waals surface area contributed by atoms with Crippen LogP contribution in [0.3, 0.4) is 0 Å². The van der Waals surface area contributed by atoms with Crippen molar-refractivity contribution in [2.75, 3.05) is 23.0 Å². The van der Waals surface area contributed by atoms with Crippen LogP contribution in [0.2, 0.25) is 0 Å². The van der Waals surface area contributed by atoms with Gasteiger partial charge in [-0.1, -0.05) is 19.9 Å². The average Bonchev–Trinajstić information content (AvgIpc) is 2.42. The van der Waals surface area contributed by atoms with Crippen molar-refractivity contribution in [2.24, 2.45) is 0 Å². The van der Waals surface area contributed by atoms with Crippen LogP contribution >= 0.6 is 23.5 Å². The average molecular weight is 292 g/mol. The Hall–Kier alpha value is -0.790. The topological polar surface area (TPSA) is 27.0 Å². The molecule has 0 aliphatic carbocycles. The lowest BCUT2D eigenvalue weighted by Crippen LogP contribution is -2.45. The van der Waals surface area contributed by atoms with Crippen molar-refractivity contribution in [3.63, 3.8) is 0 Å².